The quantitative estimate of drug-likeness (QED) is 0.893. The molecule has 1 aromatic heterocycles. The zero-order chi connectivity index (χ0) is 13.1. The Morgan fingerprint density at radius 1 is 1.20 bits per heavy atom. The fourth-order valence-corrected chi connectivity index (χ4v) is 2.76. The first-order chi connectivity index (χ1) is 9.36. The van der Waals surface area contributed by atoms with Crippen LogP contribution in [0.4, 0.5) is 5.82 Å². The predicted molar refractivity (Wildman–Crippen MR) is 82.6 cm³/mol. The van der Waals surface area contributed by atoms with Crippen molar-refractivity contribution >= 4 is 18.2 Å². The standard InChI is InChI=1S/C14H22N4O.ClH/c1-19-7-6-17-2-4-18(5-3-17)14-8-12-9-15-10-13(12)11-16-14;/h8,11,15H,2-7,9-10H2,1H3;1H. The summed E-state index contributed by atoms with van der Waals surface area (Å²) in [5, 5.41) is 3.37. The average Bonchev–Trinajstić information content (AvgIpc) is 2.93. The maximum absolute atomic E-state index is 5.13. The average molecular weight is 299 g/mol. The minimum Gasteiger partial charge on any atom is -0.383 e. The SMILES string of the molecule is COCCN1CCN(c2cc3c(cn2)CNC3)CC1.Cl. The van der Waals surface area contributed by atoms with Crippen molar-refractivity contribution in [2.75, 3.05) is 51.3 Å². The van der Waals surface area contributed by atoms with E-state index in [9.17, 15) is 0 Å². The van der Waals surface area contributed by atoms with Gasteiger partial charge in [0.1, 0.15) is 5.82 Å². The Morgan fingerprint density at radius 3 is 2.70 bits per heavy atom. The molecular formula is C14H23ClN4O. The van der Waals surface area contributed by atoms with Gasteiger partial charge >= 0.3 is 0 Å². The van der Waals surface area contributed by atoms with E-state index in [0.29, 0.717) is 0 Å². The number of methoxy groups -OCH3 is 1. The molecule has 0 atom stereocenters. The second kappa shape index (κ2) is 7.22. The highest BCUT2D eigenvalue weighted by Crippen LogP contribution is 2.21. The lowest BCUT2D eigenvalue weighted by Crippen LogP contribution is -2.47. The van der Waals surface area contributed by atoms with Crippen molar-refractivity contribution in [3.8, 4) is 0 Å². The number of piperazine rings is 1. The van der Waals surface area contributed by atoms with Crippen LogP contribution in [-0.2, 0) is 17.8 Å². The number of pyridine rings is 1. The zero-order valence-electron chi connectivity index (χ0n) is 12.0. The fourth-order valence-electron chi connectivity index (χ4n) is 2.76. The first-order valence-corrected chi connectivity index (χ1v) is 7.01. The minimum absolute atomic E-state index is 0. The van der Waals surface area contributed by atoms with E-state index in [-0.39, 0.29) is 12.4 Å². The van der Waals surface area contributed by atoms with E-state index in [2.05, 4.69) is 26.2 Å². The van der Waals surface area contributed by atoms with Gasteiger partial charge in [-0.25, -0.2) is 4.98 Å². The van der Waals surface area contributed by atoms with Crippen LogP contribution in [-0.4, -0.2) is 56.3 Å². The summed E-state index contributed by atoms with van der Waals surface area (Å²) in [6, 6.07) is 2.25. The van der Waals surface area contributed by atoms with Crippen molar-refractivity contribution in [2.24, 2.45) is 0 Å². The summed E-state index contributed by atoms with van der Waals surface area (Å²) in [5.74, 6) is 1.13. The van der Waals surface area contributed by atoms with E-state index in [1.165, 1.54) is 11.1 Å². The molecule has 0 spiro atoms. The topological polar surface area (TPSA) is 40.6 Å². The summed E-state index contributed by atoms with van der Waals surface area (Å²) in [7, 11) is 1.76. The molecule has 0 amide bonds. The van der Waals surface area contributed by atoms with Gasteiger partial charge in [-0.1, -0.05) is 0 Å². The van der Waals surface area contributed by atoms with Crippen LogP contribution >= 0.6 is 12.4 Å². The molecule has 0 aromatic carbocycles. The molecule has 1 fully saturated rings. The van der Waals surface area contributed by atoms with E-state index in [4.69, 9.17) is 4.74 Å². The third-order valence-corrected chi connectivity index (χ3v) is 4.01. The van der Waals surface area contributed by atoms with Gasteiger partial charge in [0.05, 0.1) is 6.61 Å². The van der Waals surface area contributed by atoms with E-state index in [1.807, 2.05) is 6.20 Å². The molecule has 1 aromatic rings. The van der Waals surface area contributed by atoms with Crippen LogP contribution in [0.5, 0.6) is 0 Å². The van der Waals surface area contributed by atoms with Gasteiger partial charge in [-0.15, -0.1) is 12.4 Å². The van der Waals surface area contributed by atoms with E-state index in [0.717, 1.165) is 58.2 Å². The number of hydrogen-bond acceptors (Lipinski definition) is 5. The summed E-state index contributed by atoms with van der Waals surface area (Å²) < 4.78 is 5.13. The monoisotopic (exact) mass is 298 g/mol. The van der Waals surface area contributed by atoms with Crippen molar-refractivity contribution in [2.45, 2.75) is 13.1 Å². The number of nitrogens with zero attached hydrogens (tertiary/aromatic N) is 3. The van der Waals surface area contributed by atoms with E-state index < -0.39 is 0 Å². The van der Waals surface area contributed by atoms with Crippen molar-refractivity contribution in [1.29, 1.82) is 0 Å². The molecule has 20 heavy (non-hydrogen) atoms. The van der Waals surface area contributed by atoms with E-state index >= 15 is 0 Å². The molecule has 1 N–H and O–H groups in total. The van der Waals surface area contributed by atoms with Crippen LogP contribution in [0.2, 0.25) is 0 Å². The Labute approximate surface area is 126 Å². The molecule has 0 saturated carbocycles. The van der Waals surface area contributed by atoms with Crippen molar-refractivity contribution in [1.82, 2.24) is 15.2 Å². The first-order valence-electron chi connectivity index (χ1n) is 7.01. The third kappa shape index (κ3) is 3.41. The molecular weight excluding hydrogens is 276 g/mol. The van der Waals surface area contributed by atoms with Crippen molar-refractivity contribution < 1.29 is 4.74 Å². The van der Waals surface area contributed by atoms with Gasteiger partial charge in [0.25, 0.3) is 0 Å². The molecule has 0 bridgehead atoms. The lowest BCUT2D eigenvalue weighted by atomic mass is 10.2. The molecule has 0 radical (unpaired) electrons. The molecule has 5 nitrogen and oxygen atoms in total. The van der Waals surface area contributed by atoms with Gasteiger partial charge in [-0.3, -0.25) is 4.90 Å². The number of nitrogens with one attached hydrogen (secondary N) is 1. The maximum atomic E-state index is 5.13. The van der Waals surface area contributed by atoms with Crippen molar-refractivity contribution in [3.63, 3.8) is 0 Å². The largest absolute Gasteiger partial charge is 0.383 e. The Bertz CT molecular complexity index is 435. The highest BCUT2D eigenvalue weighted by atomic mass is 35.5. The summed E-state index contributed by atoms with van der Waals surface area (Å²) in [4.78, 5) is 9.45. The number of anilines is 1. The number of fused-ring (bicyclic) bond motifs is 1. The molecule has 0 aliphatic carbocycles. The lowest BCUT2D eigenvalue weighted by molar-refractivity contribution is 0.144. The molecule has 0 unspecified atom stereocenters. The van der Waals surface area contributed by atoms with Crippen LogP contribution in [0.3, 0.4) is 0 Å². The summed E-state index contributed by atoms with van der Waals surface area (Å²) in [6.07, 6.45) is 2.03. The van der Waals surface area contributed by atoms with Gasteiger partial charge < -0.3 is 15.0 Å². The Balaban J connectivity index is 0.00000147. The maximum Gasteiger partial charge on any atom is 0.128 e. The van der Waals surface area contributed by atoms with Crippen LogP contribution < -0.4 is 10.2 Å². The smallest absolute Gasteiger partial charge is 0.128 e. The molecule has 112 valence electrons. The molecule has 2 aliphatic heterocycles. The number of ether oxygens (including phenoxy) is 1. The number of halogens is 1. The van der Waals surface area contributed by atoms with Gasteiger partial charge in [0.15, 0.2) is 0 Å². The Kier molecular flexibility index (Phi) is 5.60. The predicted octanol–water partition coefficient (Wildman–Crippen LogP) is 0.875. The molecule has 2 aliphatic rings. The number of rotatable bonds is 4. The van der Waals surface area contributed by atoms with Gasteiger partial charge in [-0.05, 0) is 17.2 Å². The summed E-state index contributed by atoms with van der Waals surface area (Å²) in [6.45, 7) is 8.12. The Hall–Kier alpha value is -0.880. The third-order valence-electron chi connectivity index (χ3n) is 4.01. The Morgan fingerprint density at radius 2 is 1.95 bits per heavy atom. The normalized spacial score (nSPS) is 18.8. The molecule has 6 heteroatoms. The van der Waals surface area contributed by atoms with Crippen LogP contribution in [0, 0.1) is 0 Å². The number of hydrogen-bond donors (Lipinski definition) is 1. The van der Waals surface area contributed by atoms with E-state index in [1.54, 1.807) is 7.11 Å². The minimum atomic E-state index is 0. The second-order valence-corrected chi connectivity index (χ2v) is 5.24. The fraction of sp³-hybridized carbons (Fsp3) is 0.643. The lowest BCUT2D eigenvalue weighted by Gasteiger charge is -2.35. The summed E-state index contributed by atoms with van der Waals surface area (Å²) >= 11 is 0. The van der Waals surface area contributed by atoms with Gasteiger partial charge in [0.2, 0.25) is 0 Å². The van der Waals surface area contributed by atoms with Crippen LogP contribution in [0.1, 0.15) is 11.1 Å². The highest BCUT2D eigenvalue weighted by Gasteiger charge is 2.19. The van der Waals surface area contributed by atoms with Gasteiger partial charge in [0, 0.05) is 59.1 Å². The van der Waals surface area contributed by atoms with Crippen LogP contribution in [0.15, 0.2) is 12.3 Å². The first kappa shape index (κ1) is 15.5. The molecule has 1 saturated heterocycles. The number of aromatic nitrogens is 1. The second-order valence-electron chi connectivity index (χ2n) is 5.24. The molecule has 3 rings (SSSR count). The highest BCUT2D eigenvalue weighted by molar-refractivity contribution is 5.85. The summed E-state index contributed by atoms with van der Waals surface area (Å²) in [5.41, 5.74) is 2.76. The molecule has 3 heterocycles. The zero-order valence-corrected chi connectivity index (χ0v) is 12.8. The van der Waals surface area contributed by atoms with Crippen molar-refractivity contribution in [3.05, 3.63) is 23.4 Å². The van der Waals surface area contributed by atoms with Crippen LogP contribution in [0.25, 0.3) is 0 Å². The van der Waals surface area contributed by atoms with Gasteiger partial charge in [-0.2, -0.15) is 0 Å².